The molecule has 5 atom stereocenters. The van der Waals surface area contributed by atoms with E-state index in [2.05, 4.69) is 36.6 Å². The van der Waals surface area contributed by atoms with Gasteiger partial charge in [0.1, 0.15) is 18.1 Å². The lowest BCUT2D eigenvalue weighted by Gasteiger charge is -2.28. The Bertz CT molecular complexity index is 1150. The summed E-state index contributed by atoms with van der Waals surface area (Å²) in [7, 11) is 0. The lowest BCUT2D eigenvalue weighted by atomic mass is 9.96. The molecule has 1 aromatic rings. The monoisotopic (exact) mass is 650 g/mol. The Morgan fingerprint density at radius 1 is 0.804 bits per heavy atom. The molecule has 6 amide bonds. The Hall–Kier alpha value is -4.01. The standard InChI is InChI=1S/C31H54N8O7/c1-16(2)9-21(24(40)12-25(41)36-22(28(32)43)10-17(3)4)38-30(45)23(11-20-13-33-15-35-20)37-26(42)14-34-31(46)27(18(5)6)39-29(44)19(7)8/h13,15-19,21-24,27,40H,9-12,14H2,1-8H3,(H2,32,43)(H,33,35)(H,34,46)(H,36,41)(H,37,42)(H,38,45)(H,39,44)/t21-,22-,23-,24-,27-/m0/s1. The number of aromatic amines is 1. The van der Waals surface area contributed by atoms with E-state index in [1.807, 2.05) is 27.7 Å². The lowest BCUT2D eigenvalue weighted by Crippen LogP contribution is -2.56. The van der Waals surface area contributed by atoms with Crippen LogP contribution in [0.2, 0.25) is 0 Å². The fourth-order valence-electron chi connectivity index (χ4n) is 4.61. The third-order valence-electron chi connectivity index (χ3n) is 7.12. The molecule has 0 fully saturated rings. The van der Waals surface area contributed by atoms with Crippen LogP contribution >= 0.6 is 0 Å². The molecule has 0 spiro atoms. The van der Waals surface area contributed by atoms with Crippen LogP contribution in [0.15, 0.2) is 12.5 Å². The van der Waals surface area contributed by atoms with Gasteiger partial charge in [-0.05, 0) is 30.6 Å². The maximum Gasteiger partial charge on any atom is 0.243 e. The van der Waals surface area contributed by atoms with Crippen LogP contribution in [0.5, 0.6) is 0 Å². The van der Waals surface area contributed by atoms with Crippen molar-refractivity contribution in [3.8, 4) is 0 Å². The largest absolute Gasteiger partial charge is 0.390 e. The van der Waals surface area contributed by atoms with Gasteiger partial charge >= 0.3 is 0 Å². The summed E-state index contributed by atoms with van der Waals surface area (Å²) in [5, 5.41) is 24.1. The number of nitrogens with one attached hydrogen (secondary N) is 6. The van der Waals surface area contributed by atoms with Crippen LogP contribution in [-0.4, -0.2) is 87.3 Å². The molecule has 1 aromatic heterocycles. The smallest absolute Gasteiger partial charge is 0.243 e. The van der Waals surface area contributed by atoms with E-state index in [0.717, 1.165) is 0 Å². The van der Waals surface area contributed by atoms with Crippen molar-refractivity contribution in [3.63, 3.8) is 0 Å². The predicted octanol–water partition coefficient (Wildman–Crippen LogP) is -0.352. The summed E-state index contributed by atoms with van der Waals surface area (Å²) < 4.78 is 0. The Kier molecular flexibility index (Phi) is 17.0. The van der Waals surface area contributed by atoms with Crippen molar-refractivity contribution in [2.24, 2.45) is 29.4 Å². The minimum absolute atomic E-state index is 0.0169. The summed E-state index contributed by atoms with van der Waals surface area (Å²) in [5.74, 6) is -3.87. The number of carbonyl (C=O) groups excluding carboxylic acids is 6. The van der Waals surface area contributed by atoms with E-state index >= 15 is 0 Å². The summed E-state index contributed by atoms with van der Waals surface area (Å²) in [6.07, 6.45) is 1.88. The summed E-state index contributed by atoms with van der Waals surface area (Å²) in [6, 6.07) is -3.75. The number of nitrogens with zero attached hydrogens (tertiary/aromatic N) is 1. The highest BCUT2D eigenvalue weighted by atomic mass is 16.3. The van der Waals surface area contributed by atoms with Crippen LogP contribution in [0.4, 0.5) is 0 Å². The van der Waals surface area contributed by atoms with Crippen LogP contribution in [0, 0.1) is 23.7 Å². The Morgan fingerprint density at radius 2 is 1.41 bits per heavy atom. The number of aliphatic hydroxyl groups is 1. The van der Waals surface area contributed by atoms with E-state index < -0.39 is 72.8 Å². The minimum Gasteiger partial charge on any atom is -0.390 e. The number of aromatic nitrogens is 2. The zero-order chi connectivity index (χ0) is 35.1. The molecule has 0 aliphatic heterocycles. The van der Waals surface area contributed by atoms with Gasteiger partial charge in [-0.25, -0.2) is 4.98 Å². The van der Waals surface area contributed by atoms with Crippen molar-refractivity contribution < 1.29 is 33.9 Å². The van der Waals surface area contributed by atoms with Gasteiger partial charge in [-0.1, -0.05) is 55.4 Å². The number of amides is 6. The summed E-state index contributed by atoms with van der Waals surface area (Å²) >= 11 is 0. The molecule has 1 rings (SSSR count). The molecule has 0 radical (unpaired) electrons. The maximum absolute atomic E-state index is 13.5. The zero-order valence-electron chi connectivity index (χ0n) is 28.3. The van der Waals surface area contributed by atoms with Gasteiger partial charge in [-0.3, -0.25) is 28.8 Å². The van der Waals surface area contributed by atoms with Crippen molar-refractivity contribution in [2.75, 3.05) is 6.54 Å². The number of nitrogens with two attached hydrogens (primary N) is 1. The van der Waals surface area contributed by atoms with Crippen LogP contribution in [-0.2, 0) is 35.2 Å². The minimum atomic E-state index is -1.31. The molecular weight excluding hydrogens is 596 g/mol. The van der Waals surface area contributed by atoms with Gasteiger partial charge < -0.3 is 42.4 Å². The van der Waals surface area contributed by atoms with E-state index in [0.29, 0.717) is 18.5 Å². The zero-order valence-corrected chi connectivity index (χ0v) is 28.3. The third kappa shape index (κ3) is 14.8. The molecular formula is C31H54N8O7. The lowest BCUT2D eigenvalue weighted by molar-refractivity contribution is -0.133. The second-order valence-corrected chi connectivity index (χ2v) is 13.2. The van der Waals surface area contributed by atoms with Gasteiger partial charge in [0.25, 0.3) is 0 Å². The second-order valence-electron chi connectivity index (χ2n) is 13.2. The van der Waals surface area contributed by atoms with Crippen molar-refractivity contribution in [1.82, 2.24) is 36.6 Å². The van der Waals surface area contributed by atoms with E-state index in [1.54, 1.807) is 27.7 Å². The normalized spacial score (nSPS) is 14.7. The molecule has 1 heterocycles. The SMILES string of the molecule is CC(C)C[C@H](NC(=O)C[C@H](O)[C@H](CC(C)C)NC(=O)[C@H](Cc1cnc[nH]1)NC(=O)CNC(=O)[C@@H](NC(=O)C(C)C)C(C)C)C(N)=O. The summed E-state index contributed by atoms with van der Waals surface area (Å²) in [6.45, 7) is 14.0. The first kappa shape index (κ1) is 40.0. The Balaban J connectivity index is 3.01. The first-order chi connectivity index (χ1) is 21.4. The number of hydrogen-bond donors (Lipinski definition) is 8. The van der Waals surface area contributed by atoms with Gasteiger partial charge in [0.15, 0.2) is 0 Å². The highest BCUT2D eigenvalue weighted by Crippen LogP contribution is 2.13. The molecule has 0 aliphatic rings. The van der Waals surface area contributed by atoms with Crippen molar-refractivity contribution in [3.05, 3.63) is 18.2 Å². The number of rotatable bonds is 20. The molecule has 15 heteroatoms. The third-order valence-corrected chi connectivity index (χ3v) is 7.12. The molecule has 0 saturated carbocycles. The van der Waals surface area contributed by atoms with Crippen LogP contribution < -0.4 is 32.3 Å². The summed E-state index contributed by atoms with van der Waals surface area (Å²) in [5.41, 5.74) is 5.97. The van der Waals surface area contributed by atoms with Gasteiger partial charge in [0, 0.05) is 24.2 Å². The molecule has 46 heavy (non-hydrogen) atoms. The number of hydrogen-bond acceptors (Lipinski definition) is 8. The first-order valence-electron chi connectivity index (χ1n) is 15.8. The Morgan fingerprint density at radius 3 is 1.91 bits per heavy atom. The van der Waals surface area contributed by atoms with Gasteiger partial charge in [-0.15, -0.1) is 0 Å². The average molecular weight is 651 g/mol. The van der Waals surface area contributed by atoms with Crippen molar-refractivity contribution in [1.29, 1.82) is 0 Å². The fourth-order valence-corrected chi connectivity index (χ4v) is 4.61. The number of aliphatic hydroxyl groups excluding tert-OH is 1. The van der Waals surface area contributed by atoms with E-state index in [-0.39, 0.29) is 36.0 Å². The molecule has 0 bridgehead atoms. The predicted molar refractivity (Wildman–Crippen MR) is 171 cm³/mol. The highest BCUT2D eigenvalue weighted by Gasteiger charge is 2.31. The van der Waals surface area contributed by atoms with Crippen molar-refractivity contribution in [2.45, 2.75) is 111 Å². The van der Waals surface area contributed by atoms with E-state index in [1.165, 1.54) is 12.5 Å². The average Bonchev–Trinajstić information content (AvgIpc) is 3.45. The quantitative estimate of drug-likeness (QED) is 0.0926. The van der Waals surface area contributed by atoms with Crippen LogP contribution in [0.3, 0.4) is 0 Å². The van der Waals surface area contributed by atoms with Gasteiger partial charge in [0.2, 0.25) is 35.4 Å². The van der Waals surface area contributed by atoms with Gasteiger partial charge in [0.05, 0.1) is 31.4 Å². The topological polar surface area (TPSA) is 238 Å². The molecule has 15 nitrogen and oxygen atoms in total. The summed E-state index contributed by atoms with van der Waals surface area (Å²) in [4.78, 5) is 82.8. The molecule has 0 aromatic carbocycles. The highest BCUT2D eigenvalue weighted by molar-refractivity contribution is 5.93. The van der Waals surface area contributed by atoms with E-state index in [4.69, 9.17) is 5.73 Å². The van der Waals surface area contributed by atoms with Crippen LogP contribution in [0.1, 0.15) is 80.3 Å². The fraction of sp³-hybridized carbons (Fsp3) is 0.710. The van der Waals surface area contributed by atoms with Crippen LogP contribution in [0.25, 0.3) is 0 Å². The molecule has 0 saturated heterocycles. The Labute approximate surface area is 271 Å². The van der Waals surface area contributed by atoms with E-state index in [9.17, 15) is 33.9 Å². The molecule has 9 N–H and O–H groups in total. The molecule has 0 unspecified atom stereocenters. The maximum atomic E-state index is 13.5. The second kappa shape index (κ2) is 19.5. The molecule has 0 aliphatic carbocycles. The number of carbonyl (C=O) groups is 6. The number of imidazole rings is 1. The van der Waals surface area contributed by atoms with Crippen molar-refractivity contribution >= 4 is 35.4 Å². The number of H-pyrrole nitrogens is 1. The first-order valence-corrected chi connectivity index (χ1v) is 15.8. The van der Waals surface area contributed by atoms with Gasteiger partial charge in [-0.2, -0.15) is 0 Å². The molecule has 260 valence electrons. The number of primary amides is 1.